The molecule has 0 saturated heterocycles. The van der Waals surface area contributed by atoms with Gasteiger partial charge in [0.25, 0.3) is 0 Å². The SMILES string of the molecule is CC(=O)O[C@@H](CC(=O)O[C@@H](C)C(=O)OC(C)(C)C)C(=O)O. The zero-order valence-electron chi connectivity index (χ0n) is 12.7. The molecule has 0 bridgehead atoms. The van der Waals surface area contributed by atoms with E-state index in [2.05, 4.69) is 4.74 Å². The van der Waals surface area contributed by atoms with Crippen LogP contribution >= 0.6 is 0 Å². The van der Waals surface area contributed by atoms with E-state index >= 15 is 0 Å². The Morgan fingerprint density at radius 1 is 1.10 bits per heavy atom. The monoisotopic (exact) mass is 304 g/mol. The minimum Gasteiger partial charge on any atom is -0.478 e. The second kappa shape index (κ2) is 7.61. The first-order chi connectivity index (χ1) is 9.42. The van der Waals surface area contributed by atoms with Crippen LogP contribution in [0.2, 0.25) is 0 Å². The van der Waals surface area contributed by atoms with Gasteiger partial charge in [-0.25, -0.2) is 9.59 Å². The molecule has 0 aromatic carbocycles. The number of esters is 3. The van der Waals surface area contributed by atoms with Crippen LogP contribution in [0.1, 0.15) is 41.0 Å². The molecule has 0 unspecified atom stereocenters. The Labute approximate surface area is 122 Å². The predicted molar refractivity (Wildman–Crippen MR) is 69.2 cm³/mol. The summed E-state index contributed by atoms with van der Waals surface area (Å²) in [6.07, 6.45) is -3.54. The average Bonchev–Trinajstić information content (AvgIpc) is 2.24. The van der Waals surface area contributed by atoms with Crippen molar-refractivity contribution in [3.63, 3.8) is 0 Å². The first kappa shape index (κ1) is 18.9. The summed E-state index contributed by atoms with van der Waals surface area (Å²) in [4.78, 5) is 44.6. The van der Waals surface area contributed by atoms with Gasteiger partial charge in [0.15, 0.2) is 6.10 Å². The molecule has 120 valence electrons. The topological polar surface area (TPSA) is 116 Å². The number of carboxylic acids is 1. The lowest BCUT2D eigenvalue weighted by molar-refractivity contribution is -0.178. The third-order valence-corrected chi connectivity index (χ3v) is 1.98. The van der Waals surface area contributed by atoms with Crippen LogP contribution in [0.15, 0.2) is 0 Å². The van der Waals surface area contributed by atoms with Gasteiger partial charge in [0.2, 0.25) is 6.10 Å². The van der Waals surface area contributed by atoms with Gasteiger partial charge in [-0.15, -0.1) is 0 Å². The highest BCUT2D eigenvalue weighted by Gasteiger charge is 2.29. The maximum absolute atomic E-state index is 11.6. The normalized spacial score (nSPS) is 13.8. The van der Waals surface area contributed by atoms with Crippen molar-refractivity contribution in [3.05, 3.63) is 0 Å². The second-order valence-corrected chi connectivity index (χ2v) is 5.31. The Kier molecular flexibility index (Phi) is 6.84. The summed E-state index contributed by atoms with van der Waals surface area (Å²) in [6, 6.07) is 0. The predicted octanol–water partition coefficient (Wildman–Crippen LogP) is 0.666. The summed E-state index contributed by atoms with van der Waals surface area (Å²) in [5.41, 5.74) is -0.737. The number of ether oxygens (including phenoxy) is 3. The van der Waals surface area contributed by atoms with Gasteiger partial charge in [0.1, 0.15) is 5.60 Å². The van der Waals surface area contributed by atoms with Crippen molar-refractivity contribution < 1.29 is 38.5 Å². The third kappa shape index (κ3) is 8.61. The number of carbonyl (C=O) groups excluding carboxylic acids is 3. The summed E-state index contributed by atoms with van der Waals surface area (Å²) >= 11 is 0. The smallest absolute Gasteiger partial charge is 0.347 e. The number of hydrogen-bond donors (Lipinski definition) is 1. The average molecular weight is 304 g/mol. The van der Waals surface area contributed by atoms with Crippen molar-refractivity contribution in [2.24, 2.45) is 0 Å². The van der Waals surface area contributed by atoms with E-state index in [0.29, 0.717) is 0 Å². The van der Waals surface area contributed by atoms with E-state index in [9.17, 15) is 19.2 Å². The van der Waals surface area contributed by atoms with Crippen LogP contribution in [-0.2, 0) is 33.4 Å². The van der Waals surface area contributed by atoms with Crippen molar-refractivity contribution in [2.75, 3.05) is 0 Å². The fourth-order valence-electron chi connectivity index (χ4n) is 1.21. The highest BCUT2D eigenvalue weighted by atomic mass is 16.6. The van der Waals surface area contributed by atoms with Crippen LogP contribution < -0.4 is 0 Å². The summed E-state index contributed by atoms with van der Waals surface area (Å²) in [5.74, 6) is -4.06. The molecule has 0 aliphatic rings. The van der Waals surface area contributed by atoms with Crippen LogP contribution in [0.25, 0.3) is 0 Å². The van der Waals surface area contributed by atoms with E-state index in [-0.39, 0.29) is 0 Å². The van der Waals surface area contributed by atoms with Gasteiger partial charge in [-0.2, -0.15) is 0 Å². The van der Waals surface area contributed by atoms with E-state index in [1.165, 1.54) is 6.92 Å². The van der Waals surface area contributed by atoms with E-state index in [4.69, 9.17) is 14.6 Å². The second-order valence-electron chi connectivity index (χ2n) is 5.31. The van der Waals surface area contributed by atoms with Gasteiger partial charge >= 0.3 is 23.9 Å². The number of carboxylic acid groups (broad SMARTS) is 1. The zero-order valence-corrected chi connectivity index (χ0v) is 12.7. The molecule has 0 aromatic rings. The highest BCUT2D eigenvalue weighted by Crippen LogP contribution is 2.11. The molecule has 0 spiro atoms. The molecule has 0 aliphatic carbocycles. The molecule has 8 heteroatoms. The fourth-order valence-corrected chi connectivity index (χ4v) is 1.21. The molecule has 1 N–H and O–H groups in total. The minimum atomic E-state index is -1.65. The molecule has 0 aromatic heterocycles. The molecule has 8 nitrogen and oxygen atoms in total. The Balaban J connectivity index is 4.50. The van der Waals surface area contributed by atoms with Crippen LogP contribution in [0.5, 0.6) is 0 Å². The first-order valence-electron chi connectivity index (χ1n) is 6.24. The Hall–Kier alpha value is -2.12. The van der Waals surface area contributed by atoms with Crippen molar-refractivity contribution in [2.45, 2.75) is 58.8 Å². The number of aliphatic carboxylic acids is 1. The van der Waals surface area contributed by atoms with Gasteiger partial charge in [-0.1, -0.05) is 0 Å². The van der Waals surface area contributed by atoms with Crippen LogP contribution in [0, 0.1) is 0 Å². The summed E-state index contributed by atoms with van der Waals surface area (Å²) < 4.78 is 14.2. The van der Waals surface area contributed by atoms with E-state index in [1.54, 1.807) is 20.8 Å². The molecule has 21 heavy (non-hydrogen) atoms. The Morgan fingerprint density at radius 3 is 2.00 bits per heavy atom. The molecule has 0 aliphatic heterocycles. The molecule has 0 radical (unpaired) electrons. The van der Waals surface area contributed by atoms with E-state index in [0.717, 1.165) is 6.92 Å². The molecule has 2 atom stereocenters. The maximum atomic E-state index is 11.6. The van der Waals surface area contributed by atoms with Gasteiger partial charge in [-0.3, -0.25) is 9.59 Å². The zero-order chi connectivity index (χ0) is 16.8. The van der Waals surface area contributed by atoms with Crippen LogP contribution in [0.4, 0.5) is 0 Å². The number of rotatable bonds is 6. The van der Waals surface area contributed by atoms with Gasteiger partial charge in [0, 0.05) is 6.92 Å². The minimum absolute atomic E-state index is 0.692. The van der Waals surface area contributed by atoms with Gasteiger partial charge in [-0.05, 0) is 27.7 Å². The molecular weight excluding hydrogens is 284 g/mol. The molecular formula is C13H20O8. The maximum Gasteiger partial charge on any atom is 0.347 e. The lowest BCUT2D eigenvalue weighted by atomic mass is 10.2. The largest absolute Gasteiger partial charge is 0.478 e. The Bertz CT molecular complexity index is 420. The van der Waals surface area contributed by atoms with Crippen molar-refractivity contribution >= 4 is 23.9 Å². The van der Waals surface area contributed by atoms with E-state index < -0.39 is 48.1 Å². The molecule has 0 rings (SSSR count). The first-order valence-corrected chi connectivity index (χ1v) is 6.24. The quantitative estimate of drug-likeness (QED) is 0.562. The summed E-state index contributed by atoms with van der Waals surface area (Å²) in [5, 5.41) is 8.79. The lowest BCUT2D eigenvalue weighted by Gasteiger charge is -2.22. The van der Waals surface area contributed by atoms with Crippen LogP contribution in [-0.4, -0.2) is 46.8 Å². The van der Waals surface area contributed by atoms with Gasteiger partial charge < -0.3 is 19.3 Å². The molecule has 0 fully saturated rings. The number of hydrogen-bond acceptors (Lipinski definition) is 7. The number of carbonyl (C=O) groups is 4. The molecule has 0 saturated carbocycles. The summed E-state index contributed by atoms with van der Waals surface area (Å²) in [7, 11) is 0. The van der Waals surface area contributed by atoms with E-state index in [1.807, 2.05) is 0 Å². The highest BCUT2D eigenvalue weighted by molar-refractivity contribution is 5.84. The van der Waals surface area contributed by atoms with Crippen molar-refractivity contribution in [1.29, 1.82) is 0 Å². The van der Waals surface area contributed by atoms with Gasteiger partial charge in [0.05, 0.1) is 6.42 Å². The third-order valence-electron chi connectivity index (χ3n) is 1.98. The van der Waals surface area contributed by atoms with Crippen molar-refractivity contribution in [3.8, 4) is 0 Å². The lowest BCUT2D eigenvalue weighted by Crippen LogP contribution is -2.35. The summed E-state index contributed by atoms with van der Waals surface area (Å²) in [6.45, 7) is 7.28. The van der Waals surface area contributed by atoms with Crippen LogP contribution in [0.3, 0.4) is 0 Å². The molecule has 0 amide bonds. The van der Waals surface area contributed by atoms with Crippen molar-refractivity contribution in [1.82, 2.24) is 0 Å². The Morgan fingerprint density at radius 2 is 1.62 bits per heavy atom. The molecule has 0 heterocycles. The fraction of sp³-hybridized carbons (Fsp3) is 0.692. The standard InChI is InChI=1S/C13H20O8/c1-7(12(18)21-13(3,4)5)19-10(15)6-9(11(16)17)20-8(2)14/h7,9H,6H2,1-5H3,(H,16,17)/t7-,9-/m0/s1.